The van der Waals surface area contributed by atoms with E-state index in [0.29, 0.717) is 0 Å². The number of carbonyl (C=O) groups is 1. The minimum absolute atomic E-state index is 0.0687. The molecule has 2 heterocycles. The van der Waals surface area contributed by atoms with E-state index in [9.17, 15) is 4.79 Å². The van der Waals surface area contributed by atoms with Crippen LogP contribution in [0.2, 0.25) is 0 Å². The molecular formula is C9H12N2O3. The van der Waals surface area contributed by atoms with Crippen molar-refractivity contribution in [1.29, 1.82) is 0 Å². The fraction of sp³-hybridized carbons (Fsp3) is 0.556. The van der Waals surface area contributed by atoms with E-state index in [1.165, 1.54) is 6.07 Å². The van der Waals surface area contributed by atoms with Crippen molar-refractivity contribution in [2.24, 2.45) is 0 Å². The van der Waals surface area contributed by atoms with Crippen LogP contribution in [-0.2, 0) is 4.74 Å². The summed E-state index contributed by atoms with van der Waals surface area (Å²) in [5.74, 6) is -1.00. The maximum atomic E-state index is 10.6. The molecule has 76 valence electrons. The Morgan fingerprint density at radius 3 is 3.07 bits per heavy atom. The molecule has 1 atom stereocenters. The minimum Gasteiger partial charge on any atom is -0.476 e. The Morgan fingerprint density at radius 1 is 1.64 bits per heavy atom. The third-order valence-corrected chi connectivity index (χ3v) is 2.28. The van der Waals surface area contributed by atoms with Crippen molar-refractivity contribution in [1.82, 2.24) is 9.78 Å². The van der Waals surface area contributed by atoms with Crippen molar-refractivity contribution >= 4 is 5.97 Å². The summed E-state index contributed by atoms with van der Waals surface area (Å²) >= 11 is 0. The molecule has 1 aromatic heterocycles. The lowest BCUT2D eigenvalue weighted by Gasteiger charge is -2.22. The summed E-state index contributed by atoms with van der Waals surface area (Å²) in [5, 5.41) is 12.6. The van der Waals surface area contributed by atoms with Crippen LogP contribution in [0, 0.1) is 0 Å². The molecule has 1 aromatic rings. The number of hydrogen-bond acceptors (Lipinski definition) is 3. The first-order chi connectivity index (χ1) is 6.77. The highest BCUT2D eigenvalue weighted by molar-refractivity contribution is 5.85. The third kappa shape index (κ3) is 1.77. The second-order valence-corrected chi connectivity index (χ2v) is 3.31. The van der Waals surface area contributed by atoms with Gasteiger partial charge in [-0.15, -0.1) is 0 Å². The molecule has 0 aliphatic carbocycles. The van der Waals surface area contributed by atoms with E-state index in [0.717, 1.165) is 25.9 Å². The molecule has 0 radical (unpaired) electrons. The average molecular weight is 196 g/mol. The minimum atomic E-state index is -1.00. The first kappa shape index (κ1) is 9.21. The first-order valence-electron chi connectivity index (χ1n) is 4.67. The molecule has 0 amide bonds. The van der Waals surface area contributed by atoms with E-state index in [1.54, 1.807) is 10.9 Å². The average Bonchev–Trinajstić information content (AvgIpc) is 2.68. The maximum Gasteiger partial charge on any atom is 0.356 e. The van der Waals surface area contributed by atoms with Gasteiger partial charge >= 0.3 is 5.97 Å². The maximum absolute atomic E-state index is 10.6. The third-order valence-electron chi connectivity index (χ3n) is 2.28. The van der Waals surface area contributed by atoms with Crippen molar-refractivity contribution < 1.29 is 14.6 Å². The molecule has 1 unspecified atom stereocenters. The van der Waals surface area contributed by atoms with Gasteiger partial charge in [-0.2, -0.15) is 5.10 Å². The van der Waals surface area contributed by atoms with Crippen molar-refractivity contribution in [2.75, 3.05) is 6.61 Å². The lowest BCUT2D eigenvalue weighted by atomic mass is 10.2. The highest BCUT2D eigenvalue weighted by atomic mass is 16.5. The molecule has 0 spiro atoms. The SMILES string of the molecule is O=C(O)c1ccn(C2CCCCO2)n1. The predicted octanol–water partition coefficient (Wildman–Crippen LogP) is 1.28. The standard InChI is InChI=1S/C9H12N2O3/c12-9(13)7-4-5-11(10-7)8-3-1-2-6-14-8/h4-5,8H,1-3,6H2,(H,12,13). The predicted molar refractivity (Wildman–Crippen MR) is 48.0 cm³/mol. The number of hydrogen-bond donors (Lipinski definition) is 1. The van der Waals surface area contributed by atoms with Crippen LogP contribution in [0.3, 0.4) is 0 Å². The molecule has 1 saturated heterocycles. The molecule has 5 nitrogen and oxygen atoms in total. The van der Waals surface area contributed by atoms with Gasteiger partial charge in [0.25, 0.3) is 0 Å². The number of aromatic nitrogens is 2. The topological polar surface area (TPSA) is 64.3 Å². The Hall–Kier alpha value is -1.36. The van der Waals surface area contributed by atoms with Gasteiger partial charge in [-0.05, 0) is 25.3 Å². The van der Waals surface area contributed by atoms with Gasteiger partial charge in [-0.25, -0.2) is 9.48 Å². The van der Waals surface area contributed by atoms with Crippen molar-refractivity contribution in [2.45, 2.75) is 25.5 Å². The Balaban J connectivity index is 2.11. The first-order valence-corrected chi connectivity index (χ1v) is 4.67. The fourth-order valence-electron chi connectivity index (χ4n) is 1.54. The summed E-state index contributed by atoms with van der Waals surface area (Å²) in [4.78, 5) is 10.6. The van der Waals surface area contributed by atoms with Gasteiger partial charge in [0, 0.05) is 12.8 Å². The Morgan fingerprint density at radius 2 is 2.50 bits per heavy atom. The molecule has 0 saturated carbocycles. The van der Waals surface area contributed by atoms with Gasteiger partial charge < -0.3 is 9.84 Å². The quantitative estimate of drug-likeness (QED) is 0.773. The number of nitrogens with zero attached hydrogens (tertiary/aromatic N) is 2. The molecular weight excluding hydrogens is 184 g/mol. The van der Waals surface area contributed by atoms with Crippen molar-refractivity contribution in [3.8, 4) is 0 Å². The molecule has 1 N–H and O–H groups in total. The summed E-state index contributed by atoms with van der Waals surface area (Å²) in [6, 6.07) is 1.49. The van der Waals surface area contributed by atoms with Gasteiger partial charge in [-0.3, -0.25) is 0 Å². The van der Waals surface area contributed by atoms with Crippen LogP contribution in [0.4, 0.5) is 0 Å². The van der Waals surface area contributed by atoms with Gasteiger partial charge in [0.1, 0.15) is 6.23 Å². The number of carboxylic acid groups (broad SMARTS) is 1. The van der Waals surface area contributed by atoms with E-state index >= 15 is 0 Å². The van der Waals surface area contributed by atoms with Crippen LogP contribution in [0.15, 0.2) is 12.3 Å². The summed E-state index contributed by atoms with van der Waals surface area (Å²) in [6.45, 7) is 0.729. The zero-order valence-corrected chi connectivity index (χ0v) is 7.72. The zero-order valence-electron chi connectivity index (χ0n) is 7.72. The molecule has 1 aliphatic heterocycles. The molecule has 1 fully saturated rings. The van der Waals surface area contributed by atoms with Gasteiger partial charge in [-0.1, -0.05) is 0 Å². The number of ether oxygens (including phenoxy) is 1. The molecule has 0 aromatic carbocycles. The second kappa shape index (κ2) is 3.79. The van der Waals surface area contributed by atoms with E-state index in [2.05, 4.69) is 5.10 Å². The smallest absolute Gasteiger partial charge is 0.356 e. The second-order valence-electron chi connectivity index (χ2n) is 3.31. The summed E-state index contributed by atoms with van der Waals surface area (Å²) < 4.78 is 7.05. The lowest BCUT2D eigenvalue weighted by Crippen LogP contribution is -2.18. The van der Waals surface area contributed by atoms with Gasteiger partial charge in [0.15, 0.2) is 5.69 Å². The normalized spacial score (nSPS) is 22.1. The van der Waals surface area contributed by atoms with Crippen LogP contribution in [0.5, 0.6) is 0 Å². The fourth-order valence-corrected chi connectivity index (χ4v) is 1.54. The van der Waals surface area contributed by atoms with Crippen LogP contribution < -0.4 is 0 Å². The Kier molecular flexibility index (Phi) is 2.49. The van der Waals surface area contributed by atoms with Gasteiger partial charge in [0.05, 0.1) is 0 Å². The van der Waals surface area contributed by atoms with E-state index in [4.69, 9.17) is 9.84 Å². The largest absolute Gasteiger partial charge is 0.476 e. The number of carboxylic acids is 1. The summed E-state index contributed by atoms with van der Waals surface area (Å²) in [5.41, 5.74) is 0.0687. The number of aromatic carboxylic acids is 1. The molecule has 1 aliphatic rings. The highest BCUT2D eigenvalue weighted by Gasteiger charge is 2.17. The Labute approximate surface area is 81.3 Å². The highest BCUT2D eigenvalue weighted by Crippen LogP contribution is 2.21. The van der Waals surface area contributed by atoms with Crippen molar-refractivity contribution in [3.63, 3.8) is 0 Å². The molecule has 2 rings (SSSR count). The summed E-state index contributed by atoms with van der Waals surface area (Å²) in [6.07, 6.45) is 4.65. The monoisotopic (exact) mass is 196 g/mol. The summed E-state index contributed by atoms with van der Waals surface area (Å²) in [7, 11) is 0. The van der Waals surface area contributed by atoms with Crippen LogP contribution in [0.25, 0.3) is 0 Å². The van der Waals surface area contributed by atoms with Gasteiger partial charge in [0.2, 0.25) is 0 Å². The van der Waals surface area contributed by atoms with Crippen molar-refractivity contribution in [3.05, 3.63) is 18.0 Å². The van der Waals surface area contributed by atoms with E-state index in [1.807, 2.05) is 0 Å². The van der Waals surface area contributed by atoms with Crippen LogP contribution in [-0.4, -0.2) is 27.5 Å². The lowest BCUT2D eigenvalue weighted by molar-refractivity contribution is -0.0396. The molecule has 14 heavy (non-hydrogen) atoms. The Bertz CT molecular complexity index is 329. The van der Waals surface area contributed by atoms with E-state index in [-0.39, 0.29) is 11.9 Å². The van der Waals surface area contributed by atoms with Crippen LogP contribution >= 0.6 is 0 Å². The molecule has 5 heteroatoms. The number of rotatable bonds is 2. The molecule has 0 bridgehead atoms. The zero-order chi connectivity index (χ0) is 9.97. The van der Waals surface area contributed by atoms with E-state index < -0.39 is 5.97 Å². The van der Waals surface area contributed by atoms with Crippen LogP contribution in [0.1, 0.15) is 36.0 Å².